The number of hydrogen-bond acceptors (Lipinski definition) is 4. The Bertz CT molecular complexity index is 541. The molecule has 2 rings (SSSR count). The van der Waals surface area contributed by atoms with Crippen LogP contribution in [0.5, 0.6) is 5.75 Å². The van der Waals surface area contributed by atoms with Crippen molar-refractivity contribution in [2.75, 3.05) is 7.11 Å². The molecule has 0 aliphatic rings. The molecule has 1 unspecified atom stereocenters. The lowest BCUT2D eigenvalue weighted by Crippen LogP contribution is -2.30. The van der Waals surface area contributed by atoms with Crippen LogP contribution in [0.2, 0.25) is 0 Å². The van der Waals surface area contributed by atoms with Crippen LogP contribution in [-0.2, 0) is 7.05 Å². The summed E-state index contributed by atoms with van der Waals surface area (Å²) in [7, 11) is 3.28. The molecule has 1 aromatic carbocycles. The van der Waals surface area contributed by atoms with E-state index in [9.17, 15) is 4.39 Å². The second kappa shape index (κ2) is 5.16. The Morgan fingerprint density at radius 2 is 2.28 bits per heavy atom. The summed E-state index contributed by atoms with van der Waals surface area (Å²) in [5.41, 5.74) is 4.21. The van der Waals surface area contributed by atoms with E-state index in [4.69, 9.17) is 10.6 Å². The zero-order chi connectivity index (χ0) is 13.1. The third kappa shape index (κ3) is 2.20. The molecule has 6 heteroatoms. The molecule has 0 aliphatic carbocycles. The molecule has 0 spiro atoms. The summed E-state index contributed by atoms with van der Waals surface area (Å²) in [5, 5.41) is 0. The van der Waals surface area contributed by atoms with Gasteiger partial charge in [0.1, 0.15) is 0 Å². The zero-order valence-electron chi connectivity index (χ0n) is 10.2. The van der Waals surface area contributed by atoms with Crippen molar-refractivity contribution in [1.82, 2.24) is 15.0 Å². The summed E-state index contributed by atoms with van der Waals surface area (Å²) in [6, 6.07) is 4.42. The number of nitrogens with zero attached hydrogens (tertiary/aromatic N) is 2. The summed E-state index contributed by atoms with van der Waals surface area (Å²) in [6.45, 7) is 0. The minimum absolute atomic E-state index is 0.208. The van der Waals surface area contributed by atoms with Gasteiger partial charge in [0.15, 0.2) is 11.6 Å². The van der Waals surface area contributed by atoms with Gasteiger partial charge in [0, 0.05) is 7.05 Å². The van der Waals surface area contributed by atoms with Crippen LogP contribution < -0.4 is 16.0 Å². The van der Waals surface area contributed by atoms with Crippen molar-refractivity contribution in [3.63, 3.8) is 0 Å². The van der Waals surface area contributed by atoms with Crippen molar-refractivity contribution < 1.29 is 9.13 Å². The minimum atomic E-state index is -0.419. The number of ether oxygens (including phenoxy) is 1. The molecule has 1 heterocycles. The highest BCUT2D eigenvalue weighted by Gasteiger charge is 2.17. The molecule has 0 radical (unpaired) electrons. The lowest BCUT2D eigenvalue weighted by atomic mass is 10.0. The Kier molecular flexibility index (Phi) is 3.59. The van der Waals surface area contributed by atoms with Crippen LogP contribution in [0.25, 0.3) is 0 Å². The van der Waals surface area contributed by atoms with E-state index in [0.29, 0.717) is 5.56 Å². The smallest absolute Gasteiger partial charge is 0.165 e. The van der Waals surface area contributed by atoms with E-state index in [1.807, 2.05) is 11.6 Å². The monoisotopic (exact) mass is 250 g/mol. The van der Waals surface area contributed by atoms with Gasteiger partial charge in [-0.1, -0.05) is 6.07 Å². The first-order valence-electron chi connectivity index (χ1n) is 5.43. The summed E-state index contributed by atoms with van der Waals surface area (Å²) >= 11 is 0. The van der Waals surface area contributed by atoms with Crippen LogP contribution >= 0.6 is 0 Å². The van der Waals surface area contributed by atoms with Crippen molar-refractivity contribution in [1.29, 1.82) is 0 Å². The Morgan fingerprint density at radius 1 is 1.50 bits per heavy atom. The lowest BCUT2D eigenvalue weighted by molar-refractivity contribution is 0.385. The lowest BCUT2D eigenvalue weighted by Gasteiger charge is -2.17. The number of hydrogen-bond donors (Lipinski definition) is 2. The third-order valence-corrected chi connectivity index (χ3v) is 2.83. The molecular formula is C12H15FN4O. The number of rotatable bonds is 4. The molecule has 5 nitrogen and oxygen atoms in total. The van der Waals surface area contributed by atoms with Gasteiger partial charge >= 0.3 is 0 Å². The van der Waals surface area contributed by atoms with E-state index in [-0.39, 0.29) is 11.8 Å². The van der Waals surface area contributed by atoms with Gasteiger partial charge in [-0.15, -0.1) is 0 Å². The highest BCUT2D eigenvalue weighted by Crippen LogP contribution is 2.25. The molecule has 0 amide bonds. The maximum atomic E-state index is 13.7. The number of halogens is 1. The highest BCUT2D eigenvalue weighted by atomic mass is 19.1. The van der Waals surface area contributed by atoms with E-state index in [2.05, 4.69) is 10.4 Å². The number of nitrogens with two attached hydrogens (primary N) is 1. The van der Waals surface area contributed by atoms with Gasteiger partial charge in [0.25, 0.3) is 0 Å². The van der Waals surface area contributed by atoms with Gasteiger partial charge in [-0.25, -0.2) is 14.8 Å². The van der Waals surface area contributed by atoms with Crippen molar-refractivity contribution in [2.45, 2.75) is 6.04 Å². The molecule has 18 heavy (non-hydrogen) atoms. The largest absolute Gasteiger partial charge is 0.494 e. The number of nitrogens with one attached hydrogen (secondary N) is 1. The molecule has 2 aromatic rings. The molecule has 0 saturated carbocycles. The Hall–Kier alpha value is -1.92. The number of aromatic nitrogens is 2. The molecule has 0 fully saturated rings. The number of methoxy groups -OCH3 is 1. The average Bonchev–Trinajstić information content (AvgIpc) is 2.77. The van der Waals surface area contributed by atoms with E-state index < -0.39 is 5.82 Å². The van der Waals surface area contributed by atoms with E-state index in [1.165, 1.54) is 13.2 Å². The quantitative estimate of drug-likeness (QED) is 0.630. The van der Waals surface area contributed by atoms with Crippen LogP contribution in [0.4, 0.5) is 4.39 Å². The molecule has 0 saturated heterocycles. The van der Waals surface area contributed by atoms with Crippen LogP contribution in [0.15, 0.2) is 30.7 Å². The number of benzene rings is 1. The van der Waals surface area contributed by atoms with Gasteiger partial charge in [0.2, 0.25) is 0 Å². The maximum Gasteiger partial charge on any atom is 0.165 e. The standard InChI is InChI=1S/C12H15FN4O/c1-17-7-15-6-10(17)12(16-14)8-3-4-11(18-2)9(13)5-8/h3-7,12,16H,14H2,1-2H3. The number of hydrazine groups is 1. The normalized spacial score (nSPS) is 12.4. The average molecular weight is 250 g/mol. The first kappa shape index (κ1) is 12.5. The molecule has 0 aliphatic heterocycles. The maximum absolute atomic E-state index is 13.7. The van der Waals surface area contributed by atoms with E-state index >= 15 is 0 Å². The SMILES string of the molecule is COc1ccc(C(NN)c2cncn2C)cc1F. The predicted molar refractivity (Wildman–Crippen MR) is 65.3 cm³/mol. The number of imidazole rings is 1. The van der Waals surface area contributed by atoms with E-state index in [0.717, 1.165) is 5.69 Å². The van der Waals surface area contributed by atoms with Crippen LogP contribution in [0, 0.1) is 5.82 Å². The topological polar surface area (TPSA) is 65.1 Å². The third-order valence-electron chi connectivity index (χ3n) is 2.83. The summed E-state index contributed by atoms with van der Waals surface area (Å²) in [6.07, 6.45) is 3.35. The Balaban J connectivity index is 2.40. The minimum Gasteiger partial charge on any atom is -0.494 e. The van der Waals surface area contributed by atoms with Gasteiger partial charge in [-0.05, 0) is 17.7 Å². The molecule has 3 N–H and O–H groups in total. The van der Waals surface area contributed by atoms with Crippen molar-refractivity contribution in [3.8, 4) is 5.75 Å². The van der Waals surface area contributed by atoms with Crippen molar-refractivity contribution >= 4 is 0 Å². The molecule has 1 aromatic heterocycles. The fraction of sp³-hybridized carbons (Fsp3) is 0.250. The van der Waals surface area contributed by atoms with Gasteiger partial charge in [-0.3, -0.25) is 5.84 Å². The van der Waals surface area contributed by atoms with Crippen LogP contribution in [-0.4, -0.2) is 16.7 Å². The fourth-order valence-corrected chi connectivity index (χ4v) is 1.86. The summed E-state index contributed by atoms with van der Waals surface area (Å²) in [4.78, 5) is 4.02. The second-order valence-corrected chi connectivity index (χ2v) is 3.92. The molecular weight excluding hydrogens is 235 g/mol. The Labute approximate surface area is 104 Å². The summed E-state index contributed by atoms with van der Waals surface area (Å²) in [5.74, 6) is 5.33. The van der Waals surface area contributed by atoms with Crippen molar-refractivity contribution in [3.05, 3.63) is 47.8 Å². The van der Waals surface area contributed by atoms with Crippen molar-refractivity contribution in [2.24, 2.45) is 12.9 Å². The fourth-order valence-electron chi connectivity index (χ4n) is 1.86. The number of aryl methyl sites for hydroxylation is 1. The second-order valence-electron chi connectivity index (χ2n) is 3.92. The highest BCUT2D eigenvalue weighted by molar-refractivity contribution is 5.34. The Morgan fingerprint density at radius 3 is 2.78 bits per heavy atom. The predicted octanol–water partition coefficient (Wildman–Crippen LogP) is 1.12. The molecule has 1 atom stereocenters. The molecule has 0 bridgehead atoms. The summed E-state index contributed by atoms with van der Waals surface area (Å²) < 4.78 is 20.4. The zero-order valence-corrected chi connectivity index (χ0v) is 10.2. The van der Waals surface area contributed by atoms with E-state index in [1.54, 1.807) is 24.7 Å². The first-order chi connectivity index (χ1) is 8.67. The first-order valence-corrected chi connectivity index (χ1v) is 5.43. The van der Waals surface area contributed by atoms with Gasteiger partial charge in [0.05, 0.1) is 31.4 Å². The molecule has 96 valence electrons. The van der Waals surface area contributed by atoms with Crippen LogP contribution in [0.1, 0.15) is 17.3 Å². The van der Waals surface area contributed by atoms with Crippen LogP contribution in [0.3, 0.4) is 0 Å². The van der Waals surface area contributed by atoms with Gasteiger partial charge in [-0.2, -0.15) is 0 Å². The van der Waals surface area contributed by atoms with Gasteiger partial charge < -0.3 is 9.30 Å².